The Bertz CT molecular complexity index is 1220. The van der Waals surface area contributed by atoms with Gasteiger partial charge in [-0.3, -0.25) is 9.59 Å². The minimum absolute atomic E-state index is 0. The number of carbonyl (C=O) groups excluding carboxylic acids is 2. The number of ketones is 2. The van der Waals surface area contributed by atoms with Gasteiger partial charge in [0.25, 0.3) is 0 Å². The first kappa shape index (κ1) is 28.9. The molecule has 0 saturated heterocycles. The molecule has 4 aromatic rings. The first-order valence-corrected chi connectivity index (χ1v) is 10.3. The van der Waals surface area contributed by atoms with E-state index in [4.69, 9.17) is 9.47 Å². The van der Waals surface area contributed by atoms with Crippen molar-refractivity contribution >= 4 is 11.6 Å². The number of carbonyl (C=O) groups is 2. The number of benzene rings is 4. The van der Waals surface area contributed by atoms with Gasteiger partial charge in [-0.05, 0) is 74.5 Å². The van der Waals surface area contributed by atoms with Crippen molar-refractivity contribution in [1.82, 2.24) is 0 Å². The quantitative estimate of drug-likeness (QED) is 0.253. The number of ether oxygens (including phenoxy) is 2. The van der Waals surface area contributed by atoms with Gasteiger partial charge in [-0.15, -0.1) is 0 Å². The third-order valence-electron chi connectivity index (χ3n) is 4.99. The minimum atomic E-state index is -0.107. The second kappa shape index (κ2) is 12.9. The van der Waals surface area contributed by atoms with Gasteiger partial charge in [0.2, 0.25) is 0 Å². The summed E-state index contributed by atoms with van der Waals surface area (Å²) in [5, 5.41) is 0. The standard InChI is InChI=1S/C28H22O4.3CH4/c1-19-3-11-24(12-4-19)31-26-15-17-27(18-16-26)32-25-13-9-23(10-14-25)28(30)22-7-5-21(6-8-22)20(2)29;;;/h3-18H,1-2H3;3*1H4. The summed E-state index contributed by atoms with van der Waals surface area (Å²) >= 11 is 0. The van der Waals surface area contributed by atoms with Gasteiger partial charge in [0.15, 0.2) is 11.6 Å². The number of hydrogen-bond acceptors (Lipinski definition) is 4. The van der Waals surface area contributed by atoms with Gasteiger partial charge < -0.3 is 9.47 Å². The third kappa shape index (κ3) is 7.41. The molecule has 0 fully saturated rings. The molecule has 4 heteroatoms. The smallest absolute Gasteiger partial charge is 0.193 e. The van der Waals surface area contributed by atoms with Gasteiger partial charge in [0.1, 0.15) is 23.0 Å². The first-order chi connectivity index (χ1) is 15.5. The molecule has 4 nitrogen and oxygen atoms in total. The highest BCUT2D eigenvalue weighted by atomic mass is 16.5. The Labute approximate surface area is 209 Å². The van der Waals surface area contributed by atoms with Gasteiger partial charge in [0, 0.05) is 16.7 Å². The van der Waals surface area contributed by atoms with E-state index in [0.29, 0.717) is 28.2 Å². The molecule has 4 aromatic carbocycles. The summed E-state index contributed by atoms with van der Waals surface area (Å²) in [6, 6.07) is 28.9. The van der Waals surface area contributed by atoms with Crippen LogP contribution >= 0.6 is 0 Å². The Morgan fingerprint density at radius 3 is 1.14 bits per heavy atom. The van der Waals surface area contributed by atoms with E-state index < -0.39 is 0 Å². The Balaban J connectivity index is 0.00000204. The van der Waals surface area contributed by atoms with E-state index in [1.807, 2.05) is 55.5 Å². The lowest BCUT2D eigenvalue weighted by Crippen LogP contribution is -2.02. The summed E-state index contributed by atoms with van der Waals surface area (Å²) in [5.41, 5.74) is 2.85. The first-order valence-electron chi connectivity index (χ1n) is 10.3. The maximum Gasteiger partial charge on any atom is 0.193 e. The lowest BCUT2D eigenvalue weighted by atomic mass is 10.0. The summed E-state index contributed by atoms with van der Waals surface area (Å²) in [6.07, 6.45) is 0. The Hall–Kier alpha value is -4.18. The normalized spacial score (nSPS) is 9.54. The van der Waals surface area contributed by atoms with Gasteiger partial charge >= 0.3 is 0 Å². The summed E-state index contributed by atoms with van der Waals surface area (Å²) in [4.78, 5) is 24.1. The molecule has 0 spiro atoms. The second-order valence-corrected chi connectivity index (χ2v) is 7.48. The van der Waals surface area contributed by atoms with Crippen LogP contribution in [0.1, 0.15) is 61.0 Å². The van der Waals surface area contributed by atoms with E-state index >= 15 is 0 Å². The van der Waals surface area contributed by atoms with Crippen molar-refractivity contribution in [2.75, 3.05) is 0 Å². The van der Waals surface area contributed by atoms with Crippen LogP contribution in [0.5, 0.6) is 23.0 Å². The lowest BCUT2D eigenvalue weighted by Gasteiger charge is -2.09. The Kier molecular flexibility index (Phi) is 10.6. The molecule has 0 amide bonds. The molecule has 0 aliphatic heterocycles. The van der Waals surface area contributed by atoms with Crippen molar-refractivity contribution < 1.29 is 19.1 Å². The molecule has 0 atom stereocenters. The molecular weight excluding hydrogens is 436 g/mol. The molecule has 182 valence electrons. The van der Waals surface area contributed by atoms with Crippen molar-refractivity contribution in [2.24, 2.45) is 0 Å². The highest BCUT2D eigenvalue weighted by Gasteiger charge is 2.10. The zero-order valence-corrected chi connectivity index (χ0v) is 17.9. The van der Waals surface area contributed by atoms with Crippen LogP contribution in [0.15, 0.2) is 97.1 Å². The molecule has 0 aliphatic rings. The van der Waals surface area contributed by atoms with Crippen LogP contribution in [-0.2, 0) is 0 Å². The summed E-state index contributed by atoms with van der Waals surface area (Å²) < 4.78 is 11.7. The van der Waals surface area contributed by atoms with E-state index in [9.17, 15) is 9.59 Å². The number of Topliss-reactive ketones (excluding diaryl/α,β-unsaturated/α-hetero) is 1. The highest BCUT2D eigenvalue weighted by Crippen LogP contribution is 2.27. The number of rotatable bonds is 7. The Morgan fingerprint density at radius 2 is 0.771 bits per heavy atom. The largest absolute Gasteiger partial charge is 0.457 e. The van der Waals surface area contributed by atoms with Crippen LogP contribution in [-0.4, -0.2) is 11.6 Å². The minimum Gasteiger partial charge on any atom is -0.457 e. The predicted octanol–water partition coefficient (Wildman–Crippen LogP) is 8.92. The maximum absolute atomic E-state index is 12.7. The molecule has 35 heavy (non-hydrogen) atoms. The van der Waals surface area contributed by atoms with E-state index in [0.717, 1.165) is 11.5 Å². The van der Waals surface area contributed by atoms with Crippen molar-refractivity contribution in [3.8, 4) is 23.0 Å². The average Bonchev–Trinajstić information content (AvgIpc) is 2.82. The van der Waals surface area contributed by atoms with Gasteiger partial charge in [-0.2, -0.15) is 0 Å². The SMILES string of the molecule is C.C.C.CC(=O)c1ccc(C(=O)c2ccc(Oc3ccc(Oc4ccc(C)cc4)cc3)cc2)cc1. The zero-order valence-electron chi connectivity index (χ0n) is 17.9. The van der Waals surface area contributed by atoms with E-state index in [2.05, 4.69) is 0 Å². The lowest BCUT2D eigenvalue weighted by molar-refractivity contribution is 0.101. The monoisotopic (exact) mass is 470 g/mol. The van der Waals surface area contributed by atoms with Crippen LogP contribution in [0.4, 0.5) is 0 Å². The molecule has 0 N–H and O–H groups in total. The summed E-state index contributed by atoms with van der Waals surface area (Å²) in [6.45, 7) is 3.53. The van der Waals surface area contributed by atoms with E-state index in [-0.39, 0.29) is 33.8 Å². The fourth-order valence-electron chi connectivity index (χ4n) is 3.15. The molecule has 0 bridgehead atoms. The fraction of sp³-hybridized carbons (Fsp3) is 0.161. The van der Waals surface area contributed by atoms with Crippen LogP contribution < -0.4 is 9.47 Å². The molecule has 0 heterocycles. The molecular formula is C31H34O4. The summed E-state index contributed by atoms with van der Waals surface area (Å²) in [5.74, 6) is 2.66. The average molecular weight is 471 g/mol. The predicted molar refractivity (Wildman–Crippen MR) is 144 cm³/mol. The molecule has 0 saturated carbocycles. The van der Waals surface area contributed by atoms with Gasteiger partial charge in [0.05, 0.1) is 0 Å². The number of aryl methyl sites for hydroxylation is 1. The molecule has 0 aliphatic carbocycles. The molecule has 0 aromatic heterocycles. The van der Waals surface area contributed by atoms with Crippen LogP contribution in [0.2, 0.25) is 0 Å². The van der Waals surface area contributed by atoms with Gasteiger partial charge in [-0.25, -0.2) is 0 Å². The van der Waals surface area contributed by atoms with Crippen molar-refractivity contribution in [3.63, 3.8) is 0 Å². The third-order valence-corrected chi connectivity index (χ3v) is 4.99. The second-order valence-electron chi connectivity index (χ2n) is 7.48. The van der Waals surface area contributed by atoms with Crippen molar-refractivity contribution in [2.45, 2.75) is 36.1 Å². The molecule has 4 rings (SSSR count). The van der Waals surface area contributed by atoms with E-state index in [1.165, 1.54) is 12.5 Å². The van der Waals surface area contributed by atoms with Crippen LogP contribution in [0.25, 0.3) is 0 Å². The van der Waals surface area contributed by atoms with Crippen LogP contribution in [0, 0.1) is 6.92 Å². The Morgan fingerprint density at radius 1 is 0.486 bits per heavy atom. The number of hydrogen-bond donors (Lipinski definition) is 0. The molecule has 0 unspecified atom stereocenters. The highest BCUT2D eigenvalue weighted by molar-refractivity contribution is 6.09. The van der Waals surface area contributed by atoms with Crippen molar-refractivity contribution in [1.29, 1.82) is 0 Å². The van der Waals surface area contributed by atoms with Crippen molar-refractivity contribution in [3.05, 3.63) is 119 Å². The zero-order chi connectivity index (χ0) is 22.5. The molecule has 0 radical (unpaired) electrons. The topological polar surface area (TPSA) is 52.6 Å². The summed E-state index contributed by atoms with van der Waals surface area (Å²) in [7, 11) is 0. The fourth-order valence-corrected chi connectivity index (χ4v) is 3.15. The maximum atomic E-state index is 12.7. The van der Waals surface area contributed by atoms with E-state index in [1.54, 1.807) is 48.5 Å². The van der Waals surface area contributed by atoms with Gasteiger partial charge in [-0.1, -0.05) is 64.2 Å². The van der Waals surface area contributed by atoms with Crippen LogP contribution in [0.3, 0.4) is 0 Å².